The molecule has 0 radical (unpaired) electrons. The maximum absolute atomic E-state index is 12.7. The van der Waals surface area contributed by atoms with Crippen molar-refractivity contribution in [2.45, 2.75) is 19.3 Å². The first-order valence-corrected chi connectivity index (χ1v) is 7.66. The Balaban J connectivity index is 1.79. The van der Waals surface area contributed by atoms with Gasteiger partial charge >= 0.3 is 0 Å². The molecular weight excluding hydrogens is 297 g/mol. The van der Waals surface area contributed by atoms with E-state index in [-0.39, 0.29) is 23.7 Å². The van der Waals surface area contributed by atoms with Crippen LogP contribution in [0.1, 0.15) is 19.3 Å². The smallest absolute Gasteiger partial charge is 0.238 e. The number of fused-ring (bicyclic) bond motifs is 5. The lowest BCUT2D eigenvalue weighted by Gasteiger charge is -2.19. The van der Waals surface area contributed by atoms with Gasteiger partial charge in [0.05, 0.1) is 22.5 Å². The maximum Gasteiger partial charge on any atom is 0.238 e. The molecule has 5 heteroatoms. The standard InChI is InChI=1S/C15H13Cl2NO2/c16-9-3-4-10(17)11(6-9)18-14(19)12-7-1-2-8(5-7)13(12)15(18)20/h3-4,6-8,12-13H,1-2,5H2. The Labute approximate surface area is 126 Å². The molecule has 0 aromatic heterocycles. The third kappa shape index (κ3) is 1.54. The molecular formula is C15H13Cl2NO2. The van der Waals surface area contributed by atoms with Crippen LogP contribution in [-0.2, 0) is 9.59 Å². The second-order valence-corrected chi connectivity index (χ2v) is 6.84. The first kappa shape index (κ1) is 12.7. The van der Waals surface area contributed by atoms with Crippen molar-refractivity contribution in [3.63, 3.8) is 0 Å². The van der Waals surface area contributed by atoms with Crippen LogP contribution in [0.2, 0.25) is 10.0 Å². The van der Waals surface area contributed by atoms with Crippen molar-refractivity contribution in [2.75, 3.05) is 4.90 Å². The zero-order valence-corrected chi connectivity index (χ0v) is 12.2. The Hall–Kier alpha value is -1.06. The van der Waals surface area contributed by atoms with E-state index in [1.165, 1.54) is 4.90 Å². The number of halogens is 2. The summed E-state index contributed by atoms with van der Waals surface area (Å²) in [6, 6.07) is 4.88. The Morgan fingerprint density at radius 2 is 1.60 bits per heavy atom. The summed E-state index contributed by atoms with van der Waals surface area (Å²) in [5.41, 5.74) is 0.433. The first-order valence-electron chi connectivity index (χ1n) is 6.91. The molecule has 2 saturated carbocycles. The van der Waals surface area contributed by atoms with Gasteiger partial charge in [-0.1, -0.05) is 23.2 Å². The van der Waals surface area contributed by atoms with E-state index in [0.717, 1.165) is 19.3 Å². The summed E-state index contributed by atoms with van der Waals surface area (Å²) in [4.78, 5) is 26.6. The van der Waals surface area contributed by atoms with Crippen molar-refractivity contribution < 1.29 is 9.59 Å². The molecule has 2 bridgehead atoms. The zero-order valence-electron chi connectivity index (χ0n) is 10.7. The van der Waals surface area contributed by atoms with Crippen molar-refractivity contribution in [1.29, 1.82) is 0 Å². The molecule has 104 valence electrons. The largest absolute Gasteiger partial charge is 0.274 e. The summed E-state index contributed by atoms with van der Waals surface area (Å²) in [6.45, 7) is 0. The van der Waals surface area contributed by atoms with Gasteiger partial charge in [0.25, 0.3) is 0 Å². The van der Waals surface area contributed by atoms with Crippen LogP contribution in [0.3, 0.4) is 0 Å². The van der Waals surface area contributed by atoms with Crippen LogP contribution < -0.4 is 4.90 Å². The highest BCUT2D eigenvalue weighted by atomic mass is 35.5. The van der Waals surface area contributed by atoms with E-state index in [1.54, 1.807) is 18.2 Å². The monoisotopic (exact) mass is 309 g/mol. The number of carbonyl (C=O) groups is 2. The summed E-state index contributed by atoms with van der Waals surface area (Å²) in [5, 5.41) is 0.869. The molecule has 1 aromatic rings. The highest BCUT2D eigenvalue weighted by Crippen LogP contribution is 2.57. The summed E-state index contributed by atoms with van der Waals surface area (Å²) < 4.78 is 0. The Morgan fingerprint density at radius 1 is 1.00 bits per heavy atom. The van der Waals surface area contributed by atoms with Crippen LogP contribution in [0.25, 0.3) is 0 Å². The number of amides is 2. The molecule has 20 heavy (non-hydrogen) atoms. The minimum Gasteiger partial charge on any atom is -0.274 e. The molecule has 4 rings (SSSR count). The first-order chi connectivity index (χ1) is 9.58. The van der Waals surface area contributed by atoms with Crippen LogP contribution in [-0.4, -0.2) is 11.8 Å². The SMILES string of the molecule is O=C1C2C3CCC(C3)C2C(=O)N1c1cc(Cl)ccc1Cl. The Kier molecular flexibility index (Phi) is 2.67. The lowest BCUT2D eigenvalue weighted by atomic mass is 9.81. The minimum atomic E-state index is -0.128. The fourth-order valence-electron chi connectivity index (χ4n) is 4.30. The molecule has 0 spiro atoms. The summed E-state index contributed by atoms with van der Waals surface area (Å²) in [7, 11) is 0. The Bertz CT molecular complexity index is 602. The third-order valence-corrected chi connectivity index (χ3v) is 5.63. The van der Waals surface area contributed by atoms with Gasteiger partial charge < -0.3 is 0 Å². The molecule has 3 fully saturated rings. The quantitative estimate of drug-likeness (QED) is 0.744. The molecule has 4 atom stereocenters. The fraction of sp³-hybridized carbons (Fsp3) is 0.467. The number of rotatable bonds is 1. The van der Waals surface area contributed by atoms with E-state index in [0.29, 0.717) is 27.6 Å². The predicted octanol–water partition coefficient (Wildman–Crippen LogP) is 3.53. The van der Waals surface area contributed by atoms with Crippen molar-refractivity contribution >= 4 is 40.7 Å². The van der Waals surface area contributed by atoms with E-state index in [2.05, 4.69) is 0 Å². The third-order valence-electron chi connectivity index (χ3n) is 5.08. The van der Waals surface area contributed by atoms with E-state index >= 15 is 0 Å². The number of benzene rings is 1. The van der Waals surface area contributed by atoms with Crippen LogP contribution in [0, 0.1) is 23.7 Å². The zero-order chi connectivity index (χ0) is 14.0. The summed E-state index contributed by atoms with van der Waals surface area (Å²) in [5.74, 6) is 0.328. The van der Waals surface area contributed by atoms with E-state index in [1.807, 2.05) is 0 Å². The predicted molar refractivity (Wildman–Crippen MR) is 76.8 cm³/mol. The van der Waals surface area contributed by atoms with Gasteiger partial charge in [0.1, 0.15) is 0 Å². The number of hydrogen-bond acceptors (Lipinski definition) is 2. The highest BCUT2D eigenvalue weighted by molar-refractivity contribution is 6.37. The van der Waals surface area contributed by atoms with E-state index in [9.17, 15) is 9.59 Å². The number of hydrogen-bond donors (Lipinski definition) is 0. The van der Waals surface area contributed by atoms with Gasteiger partial charge in [-0.3, -0.25) is 9.59 Å². The molecule has 1 heterocycles. The normalized spacial score (nSPS) is 35.0. The van der Waals surface area contributed by atoms with Crippen molar-refractivity contribution in [3.05, 3.63) is 28.2 Å². The molecule has 1 saturated heterocycles. The van der Waals surface area contributed by atoms with Gasteiger partial charge in [-0.25, -0.2) is 4.90 Å². The van der Waals surface area contributed by atoms with Crippen LogP contribution in [0.5, 0.6) is 0 Å². The van der Waals surface area contributed by atoms with E-state index < -0.39 is 0 Å². The topological polar surface area (TPSA) is 37.4 Å². The highest BCUT2D eigenvalue weighted by Gasteiger charge is 2.61. The van der Waals surface area contributed by atoms with Crippen LogP contribution in [0.15, 0.2) is 18.2 Å². The van der Waals surface area contributed by atoms with Gasteiger partial charge in [-0.2, -0.15) is 0 Å². The average Bonchev–Trinajstić information content (AvgIpc) is 3.08. The Morgan fingerprint density at radius 3 is 2.20 bits per heavy atom. The fourth-order valence-corrected chi connectivity index (χ4v) is 4.67. The summed E-state index contributed by atoms with van der Waals surface area (Å²) in [6.07, 6.45) is 3.17. The van der Waals surface area contributed by atoms with Crippen LogP contribution in [0.4, 0.5) is 5.69 Å². The minimum absolute atomic E-state index is 0.0867. The molecule has 0 N–H and O–H groups in total. The molecule has 2 amide bonds. The van der Waals surface area contributed by atoms with Gasteiger partial charge in [-0.05, 0) is 49.3 Å². The van der Waals surface area contributed by atoms with Crippen molar-refractivity contribution in [1.82, 2.24) is 0 Å². The maximum atomic E-state index is 12.7. The number of nitrogens with zero attached hydrogens (tertiary/aromatic N) is 1. The van der Waals surface area contributed by atoms with Gasteiger partial charge in [0.15, 0.2) is 0 Å². The average molecular weight is 310 g/mol. The van der Waals surface area contributed by atoms with E-state index in [4.69, 9.17) is 23.2 Å². The van der Waals surface area contributed by atoms with Gasteiger partial charge in [-0.15, -0.1) is 0 Å². The number of anilines is 1. The van der Waals surface area contributed by atoms with Crippen LogP contribution >= 0.6 is 23.2 Å². The molecule has 4 unspecified atom stereocenters. The lowest BCUT2D eigenvalue weighted by Crippen LogP contribution is -2.33. The summed E-state index contributed by atoms with van der Waals surface area (Å²) >= 11 is 12.1. The second kappa shape index (κ2) is 4.22. The number of imide groups is 1. The van der Waals surface area contributed by atoms with Crippen molar-refractivity contribution in [2.24, 2.45) is 23.7 Å². The second-order valence-electron chi connectivity index (χ2n) is 5.99. The van der Waals surface area contributed by atoms with Crippen molar-refractivity contribution in [3.8, 4) is 0 Å². The molecule has 2 aliphatic carbocycles. The van der Waals surface area contributed by atoms with Gasteiger partial charge in [0.2, 0.25) is 11.8 Å². The molecule has 3 aliphatic rings. The molecule has 1 aromatic carbocycles. The molecule has 1 aliphatic heterocycles. The number of carbonyl (C=O) groups excluding carboxylic acids is 2. The molecule has 3 nitrogen and oxygen atoms in total. The lowest BCUT2D eigenvalue weighted by molar-refractivity contribution is -0.123. The van der Waals surface area contributed by atoms with Gasteiger partial charge in [0, 0.05) is 5.02 Å².